The molecule has 16 nitrogen and oxygen atoms in total. The largest absolute Gasteiger partial charge is 0.481 e. The molecule has 1 unspecified atom stereocenters. The van der Waals surface area contributed by atoms with Gasteiger partial charge >= 0.3 is 5.97 Å². The molecule has 2 heterocycles. The Kier molecular flexibility index (Phi) is 13.4. The molecule has 3 aliphatic rings. The first-order valence-electron chi connectivity index (χ1n) is 19.1. The average molecular weight is 912 g/mol. The molecule has 0 amide bonds. The van der Waals surface area contributed by atoms with Gasteiger partial charge < -0.3 is 10.0 Å². The predicted octanol–water partition coefficient (Wildman–Crippen LogP) is 5.87. The van der Waals surface area contributed by atoms with Crippen LogP contribution in [0, 0.1) is 5.92 Å². The maximum atomic E-state index is 12.6. The predicted molar refractivity (Wildman–Crippen MR) is 225 cm³/mol. The third kappa shape index (κ3) is 10.5. The number of unbranched alkanes of at least 4 members (excludes halogenated alkanes) is 2. The minimum absolute atomic E-state index is 0.144. The first-order valence-corrected chi connectivity index (χ1v) is 25.2. The highest BCUT2D eigenvalue weighted by atomic mass is 32.2. The molecule has 60 heavy (non-hydrogen) atoms. The van der Waals surface area contributed by atoms with Gasteiger partial charge in [0.15, 0.2) is 5.71 Å². The van der Waals surface area contributed by atoms with Gasteiger partial charge in [0.25, 0.3) is 40.5 Å². The topological polar surface area (TPSA) is 261 Å². The molecule has 0 radical (unpaired) electrons. The number of allylic oxidation sites excluding steroid dienone is 8. The van der Waals surface area contributed by atoms with Crippen molar-refractivity contribution in [3.63, 3.8) is 0 Å². The third-order valence-corrected chi connectivity index (χ3v) is 14.8. The van der Waals surface area contributed by atoms with Crippen LogP contribution >= 0.6 is 0 Å². The second-order valence-electron chi connectivity index (χ2n) is 16.4. The molecule has 0 fully saturated rings. The van der Waals surface area contributed by atoms with Gasteiger partial charge in [-0.1, -0.05) is 26.0 Å². The monoisotopic (exact) mass is 911 g/mol. The van der Waals surface area contributed by atoms with E-state index in [-0.39, 0.29) is 35.5 Å². The van der Waals surface area contributed by atoms with Crippen LogP contribution in [-0.2, 0) is 56.1 Å². The fourth-order valence-corrected chi connectivity index (χ4v) is 10.4. The van der Waals surface area contributed by atoms with Gasteiger partial charge in [-0.05, 0) is 112 Å². The summed E-state index contributed by atoms with van der Waals surface area (Å²) in [6, 6.07) is 8.46. The van der Waals surface area contributed by atoms with Crippen LogP contribution in [-0.4, -0.2) is 97.8 Å². The quantitative estimate of drug-likeness (QED) is 0.0750. The molecule has 0 spiro atoms. The Morgan fingerprint density at radius 1 is 0.750 bits per heavy atom. The Morgan fingerprint density at radius 3 is 1.88 bits per heavy atom. The van der Waals surface area contributed by atoms with E-state index < -0.39 is 74.7 Å². The maximum absolute atomic E-state index is 12.6. The lowest BCUT2D eigenvalue weighted by Crippen LogP contribution is -2.28. The van der Waals surface area contributed by atoms with Crippen LogP contribution in [0.3, 0.4) is 0 Å². The van der Waals surface area contributed by atoms with Crippen LogP contribution < -0.4 is 4.90 Å². The smallest absolute Gasteiger partial charge is 0.307 e. The highest BCUT2D eigenvalue weighted by molar-refractivity contribution is 7.86. The molecule has 2 aromatic carbocycles. The van der Waals surface area contributed by atoms with Gasteiger partial charge in [-0.3, -0.25) is 23.0 Å². The second-order valence-corrected chi connectivity index (χ2v) is 22.4. The van der Waals surface area contributed by atoms with Gasteiger partial charge in [-0.15, -0.1) is 0 Å². The average Bonchev–Trinajstić information content (AvgIpc) is 3.46. The van der Waals surface area contributed by atoms with Gasteiger partial charge in [-0.25, -0.2) is 0 Å². The number of hydrogen-bond donors (Lipinski definition) is 5. The summed E-state index contributed by atoms with van der Waals surface area (Å²) in [7, 11) is -17.5. The molecule has 1 atom stereocenters. The van der Waals surface area contributed by atoms with E-state index in [0.717, 1.165) is 5.57 Å². The summed E-state index contributed by atoms with van der Waals surface area (Å²) in [5.74, 6) is -2.72. The SMILES string of the molecule is CC1=C(/C=C/C2=[N+](CCCCS(=O)(=O)O)c3ccc(S(=O)(=O)O)cc3C2(C)C)CC(C(=O)O)C/C1=C\C=C1\N(CCCCS(=O)(=O)O)c2ccc(S(=O)(=O)O)cc2C1(C)C. The lowest BCUT2D eigenvalue weighted by Gasteiger charge is -2.28. The number of hydrogen-bond acceptors (Lipinski definition) is 10. The van der Waals surface area contributed by atoms with Gasteiger partial charge in [0.1, 0.15) is 6.54 Å². The van der Waals surface area contributed by atoms with E-state index in [2.05, 4.69) is 0 Å². The number of fused-ring (bicyclic) bond motifs is 2. The minimum atomic E-state index is -4.54. The molecular formula is C40H51N2O14S4+. The molecule has 2 aromatic rings. The van der Waals surface area contributed by atoms with E-state index in [1.807, 2.05) is 68.4 Å². The van der Waals surface area contributed by atoms with Crippen molar-refractivity contribution in [2.75, 3.05) is 29.5 Å². The van der Waals surface area contributed by atoms with Gasteiger partial charge in [0, 0.05) is 47.5 Å². The van der Waals surface area contributed by atoms with Crippen molar-refractivity contribution in [3.05, 3.63) is 94.2 Å². The summed E-state index contributed by atoms with van der Waals surface area (Å²) >= 11 is 0. The third-order valence-electron chi connectivity index (χ3n) is 11.5. The highest BCUT2D eigenvalue weighted by Crippen LogP contribution is 2.49. The van der Waals surface area contributed by atoms with E-state index in [1.54, 1.807) is 12.1 Å². The van der Waals surface area contributed by atoms with Gasteiger partial charge in [0.2, 0.25) is 5.69 Å². The van der Waals surface area contributed by atoms with Crippen LogP contribution in [0.2, 0.25) is 0 Å². The standard InChI is InChI=1S/C40H50N2O14S4/c1-26-27(10-16-36-39(2,3)32-24-30(59(51,52)53)12-14-34(32)41(36)18-6-8-20-57(45,46)47)22-29(38(43)44)23-28(26)11-17-37-40(4,5)33-25-31(60(54,55)56)13-15-35(33)42(37)19-7-9-21-58(48,49)50/h10-17,24-25,29H,6-9,18-23H2,1-5H3,(H4-,43,44,45,46,47,48,49,50,51,52,53,54,55,56)/p+1. The van der Waals surface area contributed by atoms with Crippen LogP contribution in [0.25, 0.3) is 0 Å². The summed E-state index contributed by atoms with van der Waals surface area (Å²) in [6.07, 6.45) is 8.62. The molecule has 20 heteroatoms. The Hall–Kier alpha value is -4.02. The highest BCUT2D eigenvalue weighted by Gasteiger charge is 2.45. The maximum Gasteiger partial charge on any atom is 0.307 e. The van der Waals surface area contributed by atoms with Crippen molar-refractivity contribution in [2.24, 2.45) is 5.92 Å². The van der Waals surface area contributed by atoms with Crippen LogP contribution in [0.1, 0.15) is 84.3 Å². The summed E-state index contributed by atoms with van der Waals surface area (Å²) in [6.45, 7) is 9.92. The van der Waals surface area contributed by atoms with Crippen molar-refractivity contribution in [1.82, 2.24) is 0 Å². The number of carboxylic acid groups (broad SMARTS) is 1. The number of aliphatic carboxylic acids is 1. The summed E-state index contributed by atoms with van der Waals surface area (Å²) < 4.78 is 134. The lowest BCUT2D eigenvalue weighted by molar-refractivity contribution is -0.438. The second kappa shape index (κ2) is 17.0. The van der Waals surface area contributed by atoms with E-state index >= 15 is 0 Å². The normalized spacial score (nSPS) is 20.8. The molecule has 5 N–H and O–H groups in total. The fourth-order valence-electron chi connectivity index (χ4n) is 8.26. The Bertz CT molecular complexity index is 2710. The molecule has 328 valence electrons. The Morgan fingerprint density at radius 2 is 1.32 bits per heavy atom. The van der Waals surface area contributed by atoms with E-state index in [9.17, 15) is 61.8 Å². The van der Waals surface area contributed by atoms with Crippen LogP contribution in [0.15, 0.2) is 92.9 Å². The molecule has 2 aliphatic heterocycles. The van der Waals surface area contributed by atoms with E-state index in [0.29, 0.717) is 71.0 Å². The zero-order valence-corrected chi connectivity index (χ0v) is 37.1. The minimum Gasteiger partial charge on any atom is -0.481 e. The summed E-state index contributed by atoms with van der Waals surface area (Å²) in [5.41, 5.74) is 4.37. The van der Waals surface area contributed by atoms with Crippen molar-refractivity contribution < 1.29 is 66.4 Å². The summed E-state index contributed by atoms with van der Waals surface area (Å²) in [5, 5.41) is 10.3. The number of carboxylic acids is 1. The Balaban J connectivity index is 1.59. The lowest BCUT2D eigenvalue weighted by atomic mass is 9.78. The fraction of sp³-hybridized carbons (Fsp3) is 0.450. The van der Waals surface area contributed by atoms with Crippen LogP contribution in [0.4, 0.5) is 11.4 Å². The van der Waals surface area contributed by atoms with Gasteiger partial charge in [-0.2, -0.15) is 38.2 Å². The number of anilines is 1. The van der Waals surface area contributed by atoms with Crippen molar-refractivity contribution in [2.45, 2.75) is 93.8 Å². The summed E-state index contributed by atoms with van der Waals surface area (Å²) in [4.78, 5) is 13.9. The number of rotatable bonds is 16. The number of benzene rings is 2. The first kappa shape index (κ1) is 47.0. The molecule has 0 saturated carbocycles. The van der Waals surface area contributed by atoms with Crippen LogP contribution in [0.5, 0.6) is 0 Å². The Labute approximate surface area is 351 Å². The van der Waals surface area contributed by atoms with E-state index in [1.165, 1.54) is 24.3 Å². The molecular weight excluding hydrogens is 861 g/mol. The number of carbonyl (C=O) groups is 1. The zero-order chi connectivity index (χ0) is 44.8. The molecule has 0 saturated heterocycles. The number of nitrogens with zero attached hydrogens (tertiary/aromatic N) is 2. The zero-order valence-electron chi connectivity index (χ0n) is 33.9. The molecule has 0 bridgehead atoms. The van der Waals surface area contributed by atoms with Crippen molar-refractivity contribution in [1.29, 1.82) is 0 Å². The van der Waals surface area contributed by atoms with Gasteiger partial charge in [0.05, 0.1) is 32.6 Å². The van der Waals surface area contributed by atoms with E-state index in [4.69, 9.17) is 0 Å². The molecule has 1 aliphatic carbocycles. The van der Waals surface area contributed by atoms with Crippen molar-refractivity contribution >= 4 is 63.5 Å². The first-order chi connectivity index (χ1) is 27.5. The molecule has 0 aromatic heterocycles. The van der Waals surface area contributed by atoms with Crippen molar-refractivity contribution in [3.8, 4) is 0 Å². The molecule has 5 rings (SSSR count).